The molecule has 0 saturated carbocycles. The van der Waals surface area contributed by atoms with Gasteiger partial charge in [-0.2, -0.15) is 0 Å². The Balaban J connectivity index is 1.77. The van der Waals surface area contributed by atoms with Gasteiger partial charge in [0.1, 0.15) is 24.3 Å². The monoisotopic (exact) mass is 393 g/mol. The topological polar surface area (TPSA) is 90.4 Å². The fourth-order valence-corrected chi connectivity index (χ4v) is 2.99. The average molecular weight is 394 g/mol. The second kappa shape index (κ2) is 7.95. The van der Waals surface area contributed by atoms with Crippen molar-refractivity contribution in [1.29, 1.82) is 0 Å². The van der Waals surface area contributed by atoms with Crippen molar-refractivity contribution in [1.82, 2.24) is 9.55 Å². The number of carbonyl (C=O) groups is 1. The molecule has 0 aliphatic rings. The average Bonchev–Trinajstić information content (AvgIpc) is 2.92. The number of imidazole rings is 1. The van der Waals surface area contributed by atoms with Crippen LogP contribution in [0.4, 0.5) is 0 Å². The third-order valence-corrected chi connectivity index (χ3v) is 4.33. The molecule has 0 aliphatic carbocycles. The number of hydrogen-bond acceptors (Lipinski definition) is 4. The van der Waals surface area contributed by atoms with Crippen molar-refractivity contribution in [2.24, 2.45) is 5.73 Å². The van der Waals surface area contributed by atoms with Gasteiger partial charge in [-0.3, -0.25) is 4.79 Å². The number of para-hydroxylation sites is 2. The lowest BCUT2D eigenvalue weighted by molar-refractivity contribution is -0.117. The fraction of sp³-hybridized carbons (Fsp3) is 0.222. The van der Waals surface area contributed by atoms with Crippen LogP contribution in [0.2, 0.25) is 10.0 Å². The highest BCUT2D eigenvalue weighted by atomic mass is 35.5. The van der Waals surface area contributed by atoms with Crippen LogP contribution in [-0.2, 0) is 17.8 Å². The number of rotatable bonds is 7. The fourth-order valence-electron chi connectivity index (χ4n) is 2.66. The Morgan fingerprint density at radius 1 is 1.27 bits per heavy atom. The molecule has 0 fully saturated rings. The van der Waals surface area contributed by atoms with E-state index in [1.807, 2.05) is 24.3 Å². The number of benzene rings is 2. The lowest BCUT2D eigenvalue weighted by Gasteiger charge is -2.16. The van der Waals surface area contributed by atoms with Crippen LogP contribution in [0.5, 0.6) is 5.75 Å². The lowest BCUT2D eigenvalue weighted by atomic mass is 10.3. The first-order valence-electron chi connectivity index (χ1n) is 7.92. The number of aliphatic hydroxyl groups is 1. The largest absolute Gasteiger partial charge is 0.489 e. The van der Waals surface area contributed by atoms with E-state index >= 15 is 0 Å². The minimum absolute atomic E-state index is 0.00256. The molecule has 6 nitrogen and oxygen atoms in total. The first-order chi connectivity index (χ1) is 12.4. The number of nitrogens with two attached hydrogens (primary N) is 1. The molecular formula is C18H17Cl2N3O3. The quantitative estimate of drug-likeness (QED) is 0.645. The molecule has 8 heteroatoms. The number of ether oxygens (including phenoxy) is 1. The van der Waals surface area contributed by atoms with Crippen LogP contribution in [0.25, 0.3) is 11.0 Å². The molecule has 3 rings (SSSR count). The Labute approximate surface area is 160 Å². The van der Waals surface area contributed by atoms with Gasteiger partial charge < -0.3 is 20.1 Å². The number of aromatic nitrogens is 2. The summed E-state index contributed by atoms with van der Waals surface area (Å²) in [6.45, 7) is 0.198. The van der Waals surface area contributed by atoms with E-state index in [0.717, 1.165) is 11.0 Å². The number of aliphatic hydroxyl groups excluding tert-OH is 1. The molecule has 3 N–H and O–H groups in total. The van der Waals surface area contributed by atoms with Gasteiger partial charge in [-0.15, -0.1) is 0 Å². The highest BCUT2D eigenvalue weighted by Crippen LogP contribution is 2.28. The van der Waals surface area contributed by atoms with E-state index in [1.165, 1.54) is 0 Å². The van der Waals surface area contributed by atoms with E-state index < -0.39 is 12.0 Å². The Hall–Kier alpha value is -2.28. The van der Waals surface area contributed by atoms with Crippen molar-refractivity contribution in [3.8, 4) is 5.75 Å². The molecule has 1 atom stereocenters. The van der Waals surface area contributed by atoms with Gasteiger partial charge in [0.2, 0.25) is 5.91 Å². The van der Waals surface area contributed by atoms with Crippen molar-refractivity contribution in [3.05, 3.63) is 58.3 Å². The molecule has 3 aromatic rings. The Bertz CT molecular complexity index is 943. The summed E-state index contributed by atoms with van der Waals surface area (Å²) in [5, 5.41) is 11.3. The third kappa shape index (κ3) is 4.27. The van der Waals surface area contributed by atoms with E-state index in [9.17, 15) is 9.90 Å². The highest BCUT2D eigenvalue weighted by molar-refractivity contribution is 6.34. The van der Waals surface area contributed by atoms with E-state index in [4.69, 9.17) is 33.7 Å². The van der Waals surface area contributed by atoms with Crippen molar-refractivity contribution in [3.63, 3.8) is 0 Å². The normalized spacial score (nSPS) is 12.3. The molecule has 0 spiro atoms. The van der Waals surface area contributed by atoms with Crippen LogP contribution in [-0.4, -0.2) is 33.3 Å². The summed E-state index contributed by atoms with van der Waals surface area (Å²) < 4.78 is 7.34. The molecule has 0 aliphatic heterocycles. The van der Waals surface area contributed by atoms with Crippen LogP contribution < -0.4 is 10.5 Å². The summed E-state index contributed by atoms with van der Waals surface area (Å²) in [5.74, 6) is 0.405. The number of hydrogen-bond donors (Lipinski definition) is 2. The van der Waals surface area contributed by atoms with Crippen molar-refractivity contribution >= 4 is 40.1 Å². The molecule has 0 unspecified atom stereocenters. The second-order valence-electron chi connectivity index (χ2n) is 5.81. The molecular weight excluding hydrogens is 377 g/mol. The van der Waals surface area contributed by atoms with Gasteiger partial charge >= 0.3 is 0 Å². The predicted octanol–water partition coefficient (Wildman–Crippen LogP) is 2.81. The van der Waals surface area contributed by atoms with E-state index in [-0.39, 0.29) is 19.6 Å². The Kier molecular flexibility index (Phi) is 5.66. The van der Waals surface area contributed by atoms with Gasteiger partial charge in [-0.25, -0.2) is 4.98 Å². The number of primary amides is 1. The number of carbonyl (C=O) groups excluding carboxylic acids is 1. The third-order valence-electron chi connectivity index (χ3n) is 3.78. The maximum Gasteiger partial charge on any atom is 0.225 e. The van der Waals surface area contributed by atoms with Gasteiger partial charge in [0.15, 0.2) is 0 Å². The molecule has 1 amide bonds. The standard InChI is InChI=1S/C18H17Cl2N3O3/c19-11-5-6-13(20)16(7-11)26-10-12(24)9-23-15-4-2-1-3-14(15)22-18(23)8-17(21)25/h1-7,12,24H,8-10H2,(H2,21,25)/t12-/m0/s1. The summed E-state index contributed by atoms with van der Waals surface area (Å²) in [4.78, 5) is 15.7. The van der Waals surface area contributed by atoms with Crippen LogP contribution in [0.15, 0.2) is 42.5 Å². The first kappa shape index (κ1) is 18.5. The second-order valence-corrected chi connectivity index (χ2v) is 6.65. The van der Waals surface area contributed by atoms with Gasteiger partial charge in [0.25, 0.3) is 0 Å². The maximum absolute atomic E-state index is 11.3. The molecule has 0 bridgehead atoms. The minimum atomic E-state index is -0.853. The summed E-state index contributed by atoms with van der Waals surface area (Å²) in [6, 6.07) is 12.3. The summed E-state index contributed by atoms with van der Waals surface area (Å²) >= 11 is 12.0. The summed E-state index contributed by atoms with van der Waals surface area (Å²) in [7, 11) is 0. The number of nitrogens with zero attached hydrogens (tertiary/aromatic N) is 2. The van der Waals surface area contributed by atoms with Gasteiger partial charge in [-0.05, 0) is 24.3 Å². The van der Waals surface area contributed by atoms with Gasteiger partial charge in [0, 0.05) is 11.1 Å². The zero-order valence-corrected chi connectivity index (χ0v) is 15.2. The highest BCUT2D eigenvalue weighted by Gasteiger charge is 2.16. The lowest BCUT2D eigenvalue weighted by Crippen LogP contribution is -2.26. The number of halogens is 2. The van der Waals surface area contributed by atoms with Gasteiger partial charge in [-0.1, -0.05) is 35.3 Å². The first-order valence-corrected chi connectivity index (χ1v) is 8.68. The van der Waals surface area contributed by atoms with E-state index in [0.29, 0.717) is 21.6 Å². The van der Waals surface area contributed by atoms with Crippen LogP contribution in [0, 0.1) is 0 Å². The van der Waals surface area contributed by atoms with Crippen molar-refractivity contribution < 1.29 is 14.6 Å². The SMILES string of the molecule is NC(=O)Cc1nc2ccccc2n1C[C@H](O)COc1cc(Cl)ccc1Cl. The van der Waals surface area contributed by atoms with Crippen LogP contribution in [0.3, 0.4) is 0 Å². The predicted molar refractivity (Wildman–Crippen MR) is 101 cm³/mol. The van der Waals surface area contributed by atoms with Crippen LogP contribution in [0.1, 0.15) is 5.82 Å². The van der Waals surface area contributed by atoms with Crippen molar-refractivity contribution in [2.75, 3.05) is 6.61 Å². The van der Waals surface area contributed by atoms with Gasteiger partial charge in [0.05, 0.1) is 29.0 Å². The molecule has 1 heterocycles. The summed E-state index contributed by atoms with van der Waals surface area (Å²) in [6.07, 6.45) is -0.864. The molecule has 0 saturated heterocycles. The Morgan fingerprint density at radius 3 is 2.81 bits per heavy atom. The van der Waals surface area contributed by atoms with E-state index in [1.54, 1.807) is 22.8 Å². The zero-order valence-electron chi connectivity index (χ0n) is 13.7. The Morgan fingerprint density at radius 2 is 2.04 bits per heavy atom. The minimum Gasteiger partial charge on any atom is -0.489 e. The number of fused-ring (bicyclic) bond motifs is 1. The summed E-state index contributed by atoms with van der Waals surface area (Å²) in [5.41, 5.74) is 6.85. The number of amides is 1. The van der Waals surface area contributed by atoms with Crippen LogP contribution >= 0.6 is 23.2 Å². The van der Waals surface area contributed by atoms with E-state index in [2.05, 4.69) is 4.98 Å². The molecule has 136 valence electrons. The molecule has 0 radical (unpaired) electrons. The maximum atomic E-state index is 11.3. The molecule has 1 aromatic heterocycles. The molecule has 2 aromatic carbocycles. The molecule has 26 heavy (non-hydrogen) atoms. The zero-order chi connectivity index (χ0) is 18.7. The smallest absolute Gasteiger partial charge is 0.225 e. The van der Waals surface area contributed by atoms with Crippen molar-refractivity contribution in [2.45, 2.75) is 19.1 Å².